The molecule has 3 N–H and O–H groups in total. The number of anilines is 4. The number of halogens is 1. The maximum Gasteiger partial charge on any atom is 0.247 e. The second-order valence-corrected chi connectivity index (χ2v) is 10.3. The molecule has 2 aliphatic heterocycles. The molecule has 1 aliphatic carbocycles. The number of rotatable bonds is 8. The number of nitriles is 2. The fourth-order valence-electron chi connectivity index (χ4n) is 5.10. The summed E-state index contributed by atoms with van der Waals surface area (Å²) >= 11 is 6.90. The molecule has 3 aliphatic rings. The van der Waals surface area contributed by atoms with Gasteiger partial charge in [0.05, 0.1) is 53.0 Å². The van der Waals surface area contributed by atoms with E-state index in [-0.39, 0.29) is 23.8 Å². The van der Waals surface area contributed by atoms with E-state index in [0.29, 0.717) is 53.4 Å². The number of nitrogens with one attached hydrogen (secondary N) is 2. The van der Waals surface area contributed by atoms with Crippen LogP contribution in [0.2, 0.25) is 5.02 Å². The van der Waals surface area contributed by atoms with E-state index in [1.807, 2.05) is 0 Å². The standard InChI is InChI=1S/C25H27ClN10O2/c26-21-19(31-24-32-22(30-17-1-2-17)23-29-13-18(12-28)36(23)33-24)9-16(11-27)10-20(21)34-4-6-35(7-5-34)25(3-8-37)14-38-15-25/h9-10,13,17,37H,1-8,14-15H2,(H2,30,31,32,33). The summed E-state index contributed by atoms with van der Waals surface area (Å²) in [6, 6.07) is 8.12. The summed E-state index contributed by atoms with van der Waals surface area (Å²) < 4.78 is 6.93. The first kappa shape index (κ1) is 24.6. The van der Waals surface area contributed by atoms with Crippen molar-refractivity contribution in [3.63, 3.8) is 0 Å². The van der Waals surface area contributed by atoms with Crippen LogP contribution in [0, 0.1) is 22.7 Å². The number of aliphatic hydroxyl groups excluding tert-OH is 1. The lowest BCUT2D eigenvalue weighted by molar-refractivity contribution is -0.150. The second-order valence-electron chi connectivity index (χ2n) is 9.95. The molecule has 6 rings (SSSR count). The molecule has 0 bridgehead atoms. The Morgan fingerprint density at radius 3 is 2.58 bits per heavy atom. The van der Waals surface area contributed by atoms with Gasteiger partial charge < -0.3 is 25.4 Å². The zero-order chi connectivity index (χ0) is 26.3. The summed E-state index contributed by atoms with van der Waals surface area (Å²) in [5.41, 5.74) is 2.38. The topological polar surface area (TPSA) is 151 Å². The van der Waals surface area contributed by atoms with Gasteiger partial charge in [-0.15, -0.1) is 5.10 Å². The Morgan fingerprint density at radius 1 is 1.16 bits per heavy atom. The van der Waals surface area contributed by atoms with Gasteiger partial charge in [0, 0.05) is 38.8 Å². The lowest BCUT2D eigenvalue weighted by Crippen LogP contribution is -2.66. The zero-order valence-electron chi connectivity index (χ0n) is 20.7. The van der Waals surface area contributed by atoms with Crippen molar-refractivity contribution in [3.05, 3.63) is 34.6 Å². The van der Waals surface area contributed by atoms with Crippen LogP contribution in [0.4, 0.5) is 23.1 Å². The number of hydrogen-bond donors (Lipinski definition) is 3. The van der Waals surface area contributed by atoms with E-state index in [1.165, 1.54) is 10.7 Å². The summed E-state index contributed by atoms with van der Waals surface area (Å²) in [5.74, 6) is 0.769. The summed E-state index contributed by atoms with van der Waals surface area (Å²) in [4.78, 5) is 13.5. The minimum Gasteiger partial charge on any atom is -0.396 e. The van der Waals surface area contributed by atoms with Crippen LogP contribution in [-0.2, 0) is 4.74 Å². The molecule has 12 nitrogen and oxygen atoms in total. The Morgan fingerprint density at radius 2 is 1.95 bits per heavy atom. The molecule has 0 amide bonds. The summed E-state index contributed by atoms with van der Waals surface area (Å²) in [6.07, 6.45) is 4.25. The first-order chi connectivity index (χ1) is 18.5. The van der Waals surface area contributed by atoms with Crippen molar-refractivity contribution in [1.29, 1.82) is 10.5 Å². The van der Waals surface area contributed by atoms with Crippen LogP contribution in [0.25, 0.3) is 5.65 Å². The molecule has 0 unspecified atom stereocenters. The number of nitrogens with zero attached hydrogens (tertiary/aromatic N) is 8. The average molecular weight is 535 g/mol. The van der Waals surface area contributed by atoms with Crippen molar-refractivity contribution in [1.82, 2.24) is 24.5 Å². The van der Waals surface area contributed by atoms with Crippen molar-refractivity contribution in [2.75, 3.05) is 61.5 Å². The fourth-order valence-corrected chi connectivity index (χ4v) is 5.37. The Bertz CT molecular complexity index is 1450. The van der Waals surface area contributed by atoms with E-state index < -0.39 is 0 Å². The molecule has 2 aromatic heterocycles. The van der Waals surface area contributed by atoms with E-state index >= 15 is 0 Å². The maximum absolute atomic E-state index is 9.75. The first-order valence-corrected chi connectivity index (χ1v) is 13.0. The van der Waals surface area contributed by atoms with Gasteiger partial charge in [-0.1, -0.05) is 11.6 Å². The van der Waals surface area contributed by atoms with Crippen LogP contribution in [-0.4, -0.2) is 87.2 Å². The van der Waals surface area contributed by atoms with Crippen molar-refractivity contribution < 1.29 is 9.84 Å². The monoisotopic (exact) mass is 534 g/mol. The normalized spacial score (nSPS) is 19.0. The first-order valence-electron chi connectivity index (χ1n) is 12.7. The number of benzene rings is 1. The lowest BCUT2D eigenvalue weighted by atomic mass is 9.90. The molecule has 1 saturated carbocycles. The predicted molar refractivity (Wildman–Crippen MR) is 141 cm³/mol. The molecule has 196 valence electrons. The molecule has 0 spiro atoms. The van der Waals surface area contributed by atoms with Gasteiger partial charge in [-0.3, -0.25) is 4.90 Å². The van der Waals surface area contributed by atoms with Crippen LogP contribution in [0.15, 0.2) is 18.3 Å². The Balaban J connectivity index is 1.28. The van der Waals surface area contributed by atoms with Crippen molar-refractivity contribution >= 4 is 40.4 Å². The smallest absolute Gasteiger partial charge is 0.247 e. The molecule has 3 aromatic rings. The van der Waals surface area contributed by atoms with Gasteiger partial charge in [0.15, 0.2) is 17.2 Å². The molecule has 38 heavy (non-hydrogen) atoms. The largest absolute Gasteiger partial charge is 0.396 e. The highest BCUT2D eigenvalue weighted by Crippen LogP contribution is 2.38. The van der Waals surface area contributed by atoms with E-state index in [0.717, 1.165) is 44.7 Å². The summed E-state index contributed by atoms with van der Waals surface area (Å²) in [6.45, 7) is 4.45. The number of ether oxygens (including phenoxy) is 1. The number of imidazole rings is 1. The van der Waals surface area contributed by atoms with Gasteiger partial charge >= 0.3 is 0 Å². The molecular formula is C25H27ClN10O2. The third-order valence-corrected chi connectivity index (χ3v) is 7.83. The highest BCUT2D eigenvalue weighted by atomic mass is 35.5. The molecule has 1 aromatic carbocycles. The zero-order valence-corrected chi connectivity index (χ0v) is 21.4. The lowest BCUT2D eigenvalue weighted by Gasteiger charge is -2.52. The summed E-state index contributed by atoms with van der Waals surface area (Å²) in [7, 11) is 0. The Labute approximate surface area is 224 Å². The van der Waals surface area contributed by atoms with E-state index in [1.54, 1.807) is 12.1 Å². The van der Waals surface area contributed by atoms with Crippen LogP contribution in [0.3, 0.4) is 0 Å². The minimum atomic E-state index is -0.0936. The van der Waals surface area contributed by atoms with Crippen LogP contribution in [0.5, 0.6) is 0 Å². The number of hydrogen-bond acceptors (Lipinski definition) is 11. The molecule has 13 heteroatoms. The second kappa shape index (κ2) is 9.89. The quantitative estimate of drug-likeness (QED) is 0.389. The predicted octanol–water partition coefficient (Wildman–Crippen LogP) is 2.11. The number of fused-ring (bicyclic) bond motifs is 1. The van der Waals surface area contributed by atoms with E-state index in [4.69, 9.17) is 16.3 Å². The highest BCUT2D eigenvalue weighted by Gasteiger charge is 2.44. The maximum atomic E-state index is 9.75. The average Bonchev–Trinajstić information content (AvgIpc) is 3.63. The van der Waals surface area contributed by atoms with Crippen molar-refractivity contribution in [2.24, 2.45) is 0 Å². The number of piperazine rings is 1. The van der Waals surface area contributed by atoms with Gasteiger partial charge in [-0.05, 0) is 31.4 Å². The van der Waals surface area contributed by atoms with Crippen LogP contribution >= 0.6 is 11.6 Å². The van der Waals surface area contributed by atoms with Gasteiger partial charge in [-0.25, -0.2) is 4.98 Å². The molecule has 2 saturated heterocycles. The molecule has 0 atom stereocenters. The third kappa shape index (κ3) is 4.46. The number of aromatic nitrogens is 4. The number of aliphatic hydroxyl groups is 1. The van der Waals surface area contributed by atoms with Crippen LogP contribution < -0.4 is 15.5 Å². The van der Waals surface area contributed by atoms with Crippen LogP contribution in [0.1, 0.15) is 30.5 Å². The van der Waals surface area contributed by atoms with E-state index in [9.17, 15) is 15.6 Å². The third-order valence-electron chi connectivity index (χ3n) is 7.43. The van der Waals surface area contributed by atoms with Gasteiger partial charge in [0.2, 0.25) is 5.95 Å². The fraction of sp³-hybridized carbons (Fsp3) is 0.480. The molecule has 0 radical (unpaired) electrons. The van der Waals surface area contributed by atoms with Gasteiger partial charge in [-0.2, -0.15) is 20.0 Å². The van der Waals surface area contributed by atoms with Crippen molar-refractivity contribution in [3.8, 4) is 12.1 Å². The van der Waals surface area contributed by atoms with E-state index in [2.05, 4.69) is 47.6 Å². The molecular weight excluding hydrogens is 508 g/mol. The summed E-state index contributed by atoms with van der Waals surface area (Å²) in [5, 5.41) is 40.2. The highest BCUT2D eigenvalue weighted by molar-refractivity contribution is 6.36. The Hall–Kier alpha value is -3.68. The van der Waals surface area contributed by atoms with Gasteiger partial charge in [0.1, 0.15) is 6.07 Å². The molecule has 3 fully saturated rings. The van der Waals surface area contributed by atoms with Crippen molar-refractivity contribution in [2.45, 2.75) is 30.8 Å². The Kier molecular flexibility index (Phi) is 6.41. The SMILES string of the molecule is N#Cc1cc(Nc2nc(NC3CC3)c3ncc(C#N)n3n2)c(Cl)c(N2CCN(C3(CCO)COC3)CC2)c1. The minimum absolute atomic E-state index is 0.0936. The van der Waals surface area contributed by atoms with Gasteiger partial charge in [0.25, 0.3) is 0 Å². The molecule has 4 heterocycles.